The average Bonchev–Trinajstić information content (AvgIpc) is 2.13. The first kappa shape index (κ1) is 7.90. The van der Waals surface area contributed by atoms with E-state index in [2.05, 4.69) is 31.6 Å². The van der Waals surface area contributed by atoms with Crippen LogP contribution in [-0.2, 0) is 0 Å². The molecule has 0 spiro atoms. The highest BCUT2D eigenvalue weighted by atomic mass is 79.9. The van der Waals surface area contributed by atoms with Gasteiger partial charge in [0.1, 0.15) is 0 Å². The molecule has 4 nitrogen and oxygen atoms in total. The van der Waals surface area contributed by atoms with Gasteiger partial charge in [-0.15, -0.1) is 10.2 Å². The standard InChI is InChI=1S/C4H7BrN4S/c1-9(2)8-4-7-6-3(5)10-4/h1-2H3,(H,7,8). The third-order valence-corrected chi connectivity index (χ3v) is 1.98. The third kappa shape index (κ3) is 2.20. The van der Waals surface area contributed by atoms with Gasteiger partial charge in [0.15, 0.2) is 3.92 Å². The molecule has 0 aliphatic rings. The van der Waals surface area contributed by atoms with Crippen molar-refractivity contribution in [2.24, 2.45) is 0 Å². The van der Waals surface area contributed by atoms with Crippen LogP contribution in [-0.4, -0.2) is 29.3 Å². The first-order valence-corrected chi connectivity index (χ1v) is 4.22. The average molecular weight is 223 g/mol. The van der Waals surface area contributed by atoms with Gasteiger partial charge in [0.25, 0.3) is 0 Å². The number of aromatic nitrogens is 2. The fraction of sp³-hybridized carbons (Fsp3) is 0.500. The van der Waals surface area contributed by atoms with E-state index in [-0.39, 0.29) is 0 Å². The Hall–Kier alpha value is -0.200. The molecular weight excluding hydrogens is 216 g/mol. The topological polar surface area (TPSA) is 41.0 Å². The number of hydrogen-bond acceptors (Lipinski definition) is 5. The second-order valence-electron chi connectivity index (χ2n) is 1.87. The molecule has 0 aliphatic heterocycles. The molecule has 56 valence electrons. The van der Waals surface area contributed by atoms with Gasteiger partial charge in [0, 0.05) is 14.1 Å². The van der Waals surface area contributed by atoms with Crippen molar-refractivity contribution < 1.29 is 0 Å². The van der Waals surface area contributed by atoms with Crippen LogP contribution in [0.3, 0.4) is 0 Å². The van der Waals surface area contributed by atoms with E-state index in [1.807, 2.05) is 19.1 Å². The zero-order valence-electron chi connectivity index (χ0n) is 5.63. The summed E-state index contributed by atoms with van der Waals surface area (Å²) >= 11 is 4.67. The van der Waals surface area contributed by atoms with Gasteiger partial charge < -0.3 is 0 Å². The van der Waals surface area contributed by atoms with Crippen LogP contribution in [0.1, 0.15) is 0 Å². The molecule has 0 aromatic carbocycles. The van der Waals surface area contributed by atoms with Gasteiger partial charge >= 0.3 is 0 Å². The minimum Gasteiger partial charge on any atom is -0.293 e. The van der Waals surface area contributed by atoms with E-state index in [1.165, 1.54) is 11.3 Å². The predicted molar refractivity (Wildman–Crippen MR) is 44.9 cm³/mol. The quantitative estimate of drug-likeness (QED) is 0.764. The van der Waals surface area contributed by atoms with Gasteiger partial charge in [-0.25, -0.2) is 5.01 Å². The van der Waals surface area contributed by atoms with E-state index in [9.17, 15) is 0 Å². The normalized spacial score (nSPS) is 10.4. The van der Waals surface area contributed by atoms with E-state index >= 15 is 0 Å². The van der Waals surface area contributed by atoms with Crippen LogP contribution in [0.25, 0.3) is 0 Å². The second-order valence-corrected chi connectivity index (χ2v) is 4.12. The molecular formula is C4H7BrN4S. The van der Waals surface area contributed by atoms with Crippen LogP contribution < -0.4 is 5.43 Å². The van der Waals surface area contributed by atoms with Crippen molar-refractivity contribution in [3.05, 3.63) is 3.92 Å². The number of anilines is 1. The first-order chi connectivity index (χ1) is 4.68. The summed E-state index contributed by atoms with van der Waals surface area (Å²) in [7, 11) is 3.80. The SMILES string of the molecule is CN(C)Nc1nnc(Br)s1. The van der Waals surface area contributed by atoms with Crippen molar-refractivity contribution in [3.63, 3.8) is 0 Å². The molecule has 0 atom stereocenters. The molecule has 0 radical (unpaired) electrons. The Balaban J connectivity index is 2.58. The maximum atomic E-state index is 3.82. The number of halogens is 1. The van der Waals surface area contributed by atoms with Crippen molar-refractivity contribution in [2.45, 2.75) is 0 Å². The molecule has 1 N–H and O–H groups in total. The summed E-state index contributed by atoms with van der Waals surface area (Å²) in [6.45, 7) is 0. The molecule has 0 bridgehead atoms. The Morgan fingerprint density at radius 3 is 2.60 bits per heavy atom. The largest absolute Gasteiger partial charge is 0.293 e. The van der Waals surface area contributed by atoms with Gasteiger partial charge in [-0.3, -0.25) is 5.43 Å². The van der Waals surface area contributed by atoms with Gasteiger partial charge in [-0.1, -0.05) is 11.3 Å². The zero-order valence-corrected chi connectivity index (χ0v) is 8.03. The molecule has 0 unspecified atom stereocenters. The monoisotopic (exact) mass is 222 g/mol. The van der Waals surface area contributed by atoms with Crippen molar-refractivity contribution in [2.75, 3.05) is 19.5 Å². The van der Waals surface area contributed by atoms with Crippen LogP contribution in [0.5, 0.6) is 0 Å². The molecule has 1 aromatic rings. The Kier molecular flexibility index (Phi) is 2.58. The smallest absolute Gasteiger partial charge is 0.220 e. The number of rotatable bonds is 2. The number of nitrogens with one attached hydrogen (secondary N) is 1. The van der Waals surface area contributed by atoms with E-state index in [0.717, 1.165) is 9.05 Å². The Morgan fingerprint density at radius 1 is 1.50 bits per heavy atom. The summed E-state index contributed by atoms with van der Waals surface area (Å²) in [6, 6.07) is 0. The zero-order chi connectivity index (χ0) is 7.56. The lowest BCUT2D eigenvalue weighted by atomic mass is 11.1. The van der Waals surface area contributed by atoms with E-state index < -0.39 is 0 Å². The summed E-state index contributed by atoms with van der Waals surface area (Å²) in [6.07, 6.45) is 0. The lowest BCUT2D eigenvalue weighted by molar-refractivity contribution is 0.494. The van der Waals surface area contributed by atoms with Crippen LogP contribution in [0.2, 0.25) is 0 Å². The summed E-state index contributed by atoms with van der Waals surface area (Å²) in [5, 5.41) is 10.2. The minimum absolute atomic E-state index is 0.789. The van der Waals surface area contributed by atoms with Gasteiger partial charge in [0.2, 0.25) is 5.13 Å². The van der Waals surface area contributed by atoms with Gasteiger partial charge in [0.05, 0.1) is 0 Å². The summed E-state index contributed by atoms with van der Waals surface area (Å²) in [4.78, 5) is 0. The molecule has 0 saturated heterocycles. The number of hydrazine groups is 1. The highest BCUT2D eigenvalue weighted by Crippen LogP contribution is 2.19. The van der Waals surface area contributed by atoms with Crippen LogP contribution >= 0.6 is 27.3 Å². The summed E-state index contributed by atoms with van der Waals surface area (Å²) in [5.74, 6) is 0. The summed E-state index contributed by atoms with van der Waals surface area (Å²) in [5.41, 5.74) is 2.97. The van der Waals surface area contributed by atoms with Crippen LogP contribution in [0.4, 0.5) is 5.13 Å². The maximum Gasteiger partial charge on any atom is 0.220 e. The van der Waals surface area contributed by atoms with Crippen molar-refractivity contribution in [1.82, 2.24) is 15.2 Å². The minimum atomic E-state index is 0.789. The van der Waals surface area contributed by atoms with E-state index in [4.69, 9.17) is 0 Å². The lowest BCUT2D eigenvalue weighted by Gasteiger charge is -2.07. The number of nitrogens with zero attached hydrogens (tertiary/aromatic N) is 3. The fourth-order valence-electron chi connectivity index (χ4n) is 0.442. The Bertz CT molecular complexity index is 211. The van der Waals surface area contributed by atoms with Gasteiger partial charge in [-0.2, -0.15) is 0 Å². The fourth-order valence-corrected chi connectivity index (χ4v) is 1.53. The molecule has 0 aliphatic carbocycles. The van der Waals surface area contributed by atoms with Crippen LogP contribution in [0.15, 0.2) is 3.92 Å². The third-order valence-electron chi connectivity index (χ3n) is 0.720. The highest BCUT2D eigenvalue weighted by Gasteiger charge is 1.99. The first-order valence-electron chi connectivity index (χ1n) is 2.61. The van der Waals surface area contributed by atoms with Gasteiger partial charge in [-0.05, 0) is 15.9 Å². The molecule has 1 rings (SSSR count). The molecule has 10 heavy (non-hydrogen) atoms. The molecule has 6 heteroatoms. The van der Waals surface area contributed by atoms with E-state index in [0.29, 0.717) is 0 Å². The molecule has 1 heterocycles. The second kappa shape index (κ2) is 3.27. The molecule has 1 aromatic heterocycles. The van der Waals surface area contributed by atoms with Crippen LogP contribution in [0, 0.1) is 0 Å². The van der Waals surface area contributed by atoms with E-state index in [1.54, 1.807) is 0 Å². The molecule has 0 saturated carbocycles. The Morgan fingerprint density at radius 2 is 2.20 bits per heavy atom. The Labute approximate surface area is 71.4 Å². The number of hydrogen-bond donors (Lipinski definition) is 1. The molecule has 0 amide bonds. The predicted octanol–water partition coefficient (Wildman–Crippen LogP) is 1.19. The highest BCUT2D eigenvalue weighted by molar-refractivity contribution is 9.11. The molecule has 0 fully saturated rings. The summed E-state index contributed by atoms with van der Waals surface area (Å²) < 4.78 is 0.789. The van der Waals surface area contributed by atoms with Crippen molar-refractivity contribution >= 4 is 32.4 Å². The van der Waals surface area contributed by atoms with Crippen molar-refractivity contribution in [1.29, 1.82) is 0 Å². The maximum absolute atomic E-state index is 3.82. The van der Waals surface area contributed by atoms with Crippen molar-refractivity contribution in [3.8, 4) is 0 Å². The lowest BCUT2D eigenvalue weighted by Crippen LogP contribution is -2.19.